The molecule has 0 aliphatic rings. The van der Waals surface area contributed by atoms with E-state index < -0.39 is 0 Å². The molecule has 0 spiro atoms. The lowest BCUT2D eigenvalue weighted by Gasteiger charge is -2.09. The zero-order valence-electron chi connectivity index (χ0n) is 11.2. The molecule has 0 bridgehead atoms. The van der Waals surface area contributed by atoms with Gasteiger partial charge in [0.2, 0.25) is 0 Å². The molecule has 0 atom stereocenters. The van der Waals surface area contributed by atoms with Crippen LogP contribution >= 0.6 is 27.5 Å². The molecule has 0 saturated heterocycles. The molecule has 1 heterocycles. The lowest BCUT2D eigenvalue weighted by atomic mass is 10.1. The van der Waals surface area contributed by atoms with Gasteiger partial charge in [-0.1, -0.05) is 18.5 Å². The first kappa shape index (κ1) is 14.4. The topological polar surface area (TPSA) is 27.1 Å². The summed E-state index contributed by atoms with van der Waals surface area (Å²) in [5, 5.41) is 5.12. The molecule has 102 valence electrons. The van der Waals surface area contributed by atoms with Crippen LogP contribution in [-0.4, -0.2) is 9.78 Å². The number of hydrogen-bond acceptors (Lipinski definition) is 2. The van der Waals surface area contributed by atoms with Gasteiger partial charge in [-0.15, -0.1) is 0 Å². The number of nitrogens with zero attached hydrogens (tertiary/aromatic N) is 2. The molecular weight excluding hydrogens is 328 g/mol. The summed E-state index contributed by atoms with van der Waals surface area (Å²) in [6, 6.07) is 5.75. The van der Waals surface area contributed by atoms with Gasteiger partial charge in [0, 0.05) is 12.1 Å². The summed E-state index contributed by atoms with van der Waals surface area (Å²) < 4.78 is 8.64. The average molecular weight is 344 g/mol. The average Bonchev–Trinajstić information content (AvgIpc) is 2.63. The predicted molar refractivity (Wildman–Crippen MR) is 80.8 cm³/mol. The number of rotatable bonds is 4. The van der Waals surface area contributed by atoms with Crippen LogP contribution < -0.4 is 4.74 Å². The fourth-order valence-electron chi connectivity index (χ4n) is 1.90. The highest BCUT2D eigenvalue weighted by Crippen LogP contribution is 2.25. The van der Waals surface area contributed by atoms with Crippen LogP contribution in [0.25, 0.3) is 0 Å². The van der Waals surface area contributed by atoms with Crippen LogP contribution in [0, 0.1) is 6.92 Å². The van der Waals surface area contributed by atoms with E-state index >= 15 is 0 Å². The van der Waals surface area contributed by atoms with E-state index in [1.807, 2.05) is 36.9 Å². The van der Waals surface area contributed by atoms with E-state index in [9.17, 15) is 0 Å². The highest BCUT2D eigenvalue weighted by Gasteiger charge is 2.11. The van der Waals surface area contributed by atoms with E-state index in [1.54, 1.807) is 0 Å². The second kappa shape index (κ2) is 5.97. The molecule has 2 rings (SSSR count). The van der Waals surface area contributed by atoms with Crippen molar-refractivity contribution in [2.24, 2.45) is 7.05 Å². The molecule has 0 aliphatic carbocycles. The minimum absolute atomic E-state index is 0.475. The van der Waals surface area contributed by atoms with Crippen LogP contribution in [0.1, 0.15) is 23.9 Å². The molecule has 0 aliphatic heterocycles. The SMILES string of the molecule is CCc1cc(OCc2c(Br)c(C)nn2C)ccc1Cl. The maximum absolute atomic E-state index is 6.09. The van der Waals surface area contributed by atoms with Gasteiger partial charge >= 0.3 is 0 Å². The molecule has 0 saturated carbocycles. The largest absolute Gasteiger partial charge is 0.487 e. The van der Waals surface area contributed by atoms with Crippen molar-refractivity contribution < 1.29 is 4.74 Å². The molecule has 0 radical (unpaired) electrons. The summed E-state index contributed by atoms with van der Waals surface area (Å²) in [6.45, 7) is 4.51. The number of ether oxygens (including phenoxy) is 1. The first-order chi connectivity index (χ1) is 9.02. The summed E-state index contributed by atoms with van der Waals surface area (Å²) in [7, 11) is 1.91. The van der Waals surface area contributed by atoms with Gasteiger partial charge in [-0.2, -0.15) is 5.10 Å². The second-order valence-electron chi connectivity index (χ2n) is 4.37. The first-order valence-corrected chi connectivity index (χ1v) is 7.29. The standard InChI is InChI=1S/C14H16BrClN2O/c1-4-10-7-11(5-6-12(10)16)19-8-13-14(15)9(2)17-18(13)3/h5-7H,4,8H2,1-3H3. The third kappa shape index (κ3) is 3.12. The van der Waals surface area contributed by atoms with Crippen molar-refractivity contribution in [2.75, 3.05) is 0 Å². The maximum atomic E-state index is 6.09. The van der Waals surface area contributed by atoms with Gasteiger partial charge < -0.3 is 4.74 Å². The minimum Gasteiger partial charge on any atom is -0.487 e. The highest BCUT2D eigenvalue weighted by molar-refractivity contribution is 9.10. The molecule has 2 aromatic rings. The number of hydrogen-bond donors (Lipinski definition) is 0. The molecule has 19 heavy (non-hydrogen) atoms. The number of aromatic nitrogens is 2. The molecule has 1 aromatic heterocycles. The van der Waals surface area contributed by atoms with Gasteiger partial charge in [-0.25, -0.2) is 0 Å². The van der Waals surface area contributed by atoms with Gasteiger partial charge in [-0.05, 0) is 53.0 Å². The van der Waals surface area contributed by atoms with Gasteiger partial charge in [0.05, 0.1) is 15.9 Å². The molecule has 5 heteroatoms. The van der Waals surface area contributed by atoms with Crippen molar-refractivity contribution in [3.63, 3.8) is 0 Å². The van der Waals surface area contributed by atoms with Crippen molar-refractivity contribution in [2.45, 2.75) is 26.9 Å². The molecule has 0 fully saturated rings. The van der Waals surface area contributed by atoms with E-state index in [0.717, 1.165) is 38.6 Å². The van der Waals surface area contributed by atoms with Crippen LogP contribution in [0.3, 0.4) is 0 Å². The predicted octanol–water partition coefficient (Wildman–Crippen LogP) is 4.29. The summed E-state index contributed by atoms with van der Waals surface area (Å²) in [6.07, 6.45) is 0.893. The monoisotopic (exact) mass is 342 g/mol. The molecular formula is C14H16BrClN2O. The van der Waals surface area contributed by atoms with E-state index in [4.69, 9.17) is 16.3 Å². The van der Waals surface area contributed by atoms with E-state index in [1.165, 1.54) is 0 Å². The molecule has 0 unspecified atom stereocenters. The Morgan fingerprint density at radius 2 is 2.16 bits per heavy atom. The van der Waals surface area contributed by atoms with Gasteiger partial charge in [-0.3, -0.25) is 4.68 Å². The van der Waals surface area contributed by atoms with Crippen molar-refractivity contribution in [3.8, 4) is 5.75 Å². The number of aryl methyl sites for hydroxylation is 3. The van der Waals surface area contributed by atoms with Crippen LogP contribution in [0.5, 0.6) is 5.75 Å². The lowest BCUT2D eigenvalue weighted by Crippen LogP contribution is -2.04. The maximum Gasteiger partial charge on any atom is 0.131 e. The van der Waals surface area contributed by atoms with E-state index in [0.29, 0.717) is 6.61 Å². The Labute approximate surface area is 126 Å². The van der Waals surface area contributed by atoms with Crippen molar-refractivity contribution in [1.82, 2.24) is 9.78 Å². The first-order valence-electron chi connectivity index (χ1n) is 6.12. The van der Waals surface area contributed by atoms with Gasteiger partial charge in [0.15, 0.2) is 0 Å². The van der Waals surface area contributed by atoms with Crippen molar-refractivity contribution >= 4 is 27.5 Å². The number of halogens is 2. The highest BCUT2D eigenvalue weighted by atomic mass is 79.9. The van der Waals surface area contributed by atoms with Gasteiger partial charge in [0.25, 0.3) is 0 Å². The zero-order chi connectivity index (χ0) is 14.0. The Bertz CT molecular complexity index is 595. The van der Waals surface area contributed by atoms with Crippen LogP contribution in [0.2, 0.25) is 5.02 Å². The minimum atomic E-state index is 0.475. The number of benzene rings is 1. The van der Waals surface area contributed by atoms with Crippen molar-refractivity contribution in [1.29, 1.82) is 0 Å². The van der Waals surface area contributed by atoms with Crippen LogP contribution in [-0.2, 0) is 20.1 Å². The summed E-state index contributed by atoms with van der Waals surface area (Å²) in [5.74, 6) is 0.826. The van der Waals surface area contributed by atoms with E-state index in [-0.39, 0.29) is 0 Å². The quantitative estimate of drug-likeness (QED) is 0.828. The lowest BCUT2D eigenvalue weighted by molar-refractivity contribution is 0.294. The second-order valence-corrected chi connectivity index (χ2v) is 5.57. The van der Waals surface area contributed by atoms with E-state index in [2.05, 4.69) is 28.0 Å². The Kier molecular flexibility index (Phi) is 4.53. The van der Waals surface area contributed by atoms with Gasteiger partial charge in [0.1, 0.15) is 12.4 Å². The Balaban J connectivity index is 2.14. The molecule has 1 aromatic carbocycles. The van der Waals surface area contributed by atoms with Crippen LogP contribution in [0.4, 0.5) is 0 Å². The summed E-state index contributed by atoms with van der Waals surface area (Å²) in [5.41, 5.74) is 3.08. The molecule has 0 N–H and O–H groups in total. The zero-order valence-corrected chi connectivity index (χ0v) is 13.5. The molecule has 0 amide bonds. The Morgan fingerprint density at radius 1 is 1.42 bits per heavy atom. The normalized spacial score (nSPS) is 10.8. The fourth-order valence-corrected chi connectivity index (χ4v) is 2.60. The smallest absolute Gasteiger partial charge is 0.131 e. The van der Waals surface area contributed by atoms with Crippen LogP contribution in [0.15, 0.2) is 22.7 Å². The third-order valence-electron chi connectivity index (χ3n) is 3.04. The Hall–Kier alpha value is -1.00. The fraction of sp³-hybridized carbons (Fsp3) is 0.357. The molecule has 3 nitrogen and oxygen atoms in total. The summed E-state index contributed by atoms with van der Waals surface area (Å²) >= 11 is 9.62. The Morgan fingerprint density at radius 3 is 2.74 bits per heavy atom. The van der Waals surface area contributed by atoms with Crippen molar-refractivity contribution in [3.05, 3.63) is 44.6 Å². The third-order valence-corrected chi connectivity index (χ3v) is 4.44. The summed E-state index contributed by atoms with van der Waals surface area (Å²) in [4.78, 5) is 0.